The molecule has 0 radical (unpaired) electrons. The third-order valence-corrected chi connectivity index (χ3v) is 3.43. The highest BCUT2D eigenvalue weighted by atomic mass is 19.1. The molecule has 0 heterocycles. The van der Waals surface area contributed by atoms with Gasteiger partial charge in [-0.2, -0.15) is 0 Å². The van der Waals surface area contributed by atoms with Crippen LogP contribution in [0.15, 0.2) is 72.8 Å². The zero-order valence-corrected chi connectivity index (χ0v) is 12.0. The number of halogens is 1. The molecule has 0 fully saturated rings. The Morgan fingerprint density at radius 3 is 2.23 bits per heavy atom. The van der Waals surface area contributed by atoms with Gasteiger partial charge in [0.15, 0.2) is 0 Å². The minimum Gasteiger partial charge on any atom is -0.487 e. The maximum absolute atomic E-state index is 13.0. The van der Waals surface area contributed by atoms with Crippen LogP contribution < -0.4 is 10.5 Å². The highest BCUT2D eigenvalue weighted by molar-refractivity contribution is 5.69. The third kappa shape index (κ3) is 3.26. The molecule has 0 aromatic heterocycles. The van der Waals surface area contributed by atoms with Gasteiger partial charge >= 0.3 is 0 Å². The van der Waals surface area contributed by atoms with Crippen LogP contribution in [-0.2, 0) is 6.61 Å². The van der Waals surface area contributed by atoms with Gasteiger partial charge < -0.3 is 10.5 Å². The lowest BCUT2D eigenvalue weighted by Crippen LogP contribution is -1.99. The molecule has 0 aliphatic carbocycles. The number of hydrogen-bond acceptors (Lipinski definition) is 2. The maximum Gasteiger partial charge on any atom is 0.143 e. The summed E-state index contributed by atoms with van der Waals surface area (Å²) in [4.78, 5) is 0. The summed E-state index contributed by atoms with van der Waals surface area (Å²) in [5.41, 5.74) is 9.50. The first-order valence-electron chi connectivity index (χ1n) is 7.04. The van der Waals surface area contributed by atoms with Gasteiger partial charge in [0, 0.05) is 0 Å². The molecule has 0 saturated heterocycles. The molecule has 3 heteroatoms. The summed E-state index contributed by atoms with van der Waals surface area (Å²) in [5.74, 6) is 0.380. The standard InChI is InChI=1S/C19H16FNO/c20-17-9-6-15(7-10-17)16-8-11-18(21)19(12-16)22-13-14-4-2-1-3-5-14/h1-12H,13,21H2. The SMILES string of the molecule is Nc1ccc(-c2ccc(F)cc2)cc1OCc1ccccc1. The van der Waals surface area contributed by atoms with Crippen molar-refractivity contribution < 1.29 is 9.13 Å². The first-order chi connectivity index (χ1) is 10.7. The number of benzene rings is 3. The second-order valence-electron chi connectivity index (χ2n) is 5.03. The summed E-state index contributed by atoms with van der Waals surface area (Å²) < 4.78 is 18.8. The van der Waals surface area contributed by atoms with Gasteiger partial charge in [-0.25, -0.2) is 4.39 Å². The van der Waals surface area contributed by atoms with Crippen LogP contribution >= 0.6 is 0 Å². The molecular formula is C19H16FNO. The van der Waals surface area contributed by atoms with Crippen LogP contribution in [0.3, 0.4) is 0 Å². The lowest BCUT2D eigenvalue weighted by Gasteiger charge is -2.11. The van der Waals surface area contributed by atoms with Crippen LogP contribution in [-0.4, -0.2) is 0 Å². The fourth-order valence-corrected chi connectivity index (χ4v) is 2.22. The smallest absolute Gasteiger partial charge is 0.143 e. The zero-order valence-electron chi connectivity index (χ0n) is 12.0. The van der Waals surface area contributed by atoms with Crippen molar-refractivity contribution in [2.45, 2.75) is 6.61 Å². The molecule has 0 atom stereocenters. The van der Waals surface area contributed by atoms with Gasteiger partial charge in [0.05, 0.1) is 5.69 Å². The molecule has 0 aliphatic heterocycles. The normalized spacial score (nSPS) is 10.4. The van der Waals surface area contributed by atoms with Crippen LogP contribution in [0, 0.1) is 5.82 Å². The van der Waals surface area contributed by atoms with Gasteiger partial charge in [0.2, 0.25) is 0 Å². The van der Waals surface area contributed by atoms with E-state index in [4.69, 9.17) is 10.5 Å². The Bertz CT molecular complexity index is 754. The fraction of sp³-hybridized carbons (Fsp3) is 0.0526. The summed E-state index contributed by atoms with van der Waals surface area (Å²) >= 11 is 0. The fourth-order valence-electron chi connectivity index (χ4n) is 2.22. The molecule has 3 rings (SSSR count). The van der Waals surface area contributed by atoms with E-state index in [2.05, 4.69) is 0 Å². The van der Waals surface area contributed by atoms with Crippen molar-refractivity contribution in [3.05, 3.63) is 84.2 Å². The number of rotatable bonds is 4. The predicted molar refractivity (Wildman–Crippen MR) is 87.0 cm³/mol. The van der Waals surface area contributed by atoms with Crippen LogP contribution in [0.25, 0.3) is 11.1 Å². The van der Waals surface area contributed by atoms with Crippen LogP contribution in [0.4, 0.5) is 10.1 Å². The van der Waals surface area contributed by atoms with Crippen molar-refractivity contribution in [3.63, 3.8) is 0 Å². The number of nitrogen functional groups attached to an aromatic ring is 1. The first kappa shape index (κ1) is 14.1. The Balaban J connectivity index is 1.82. The number of hydrogen-bond donors (Lipinski definition) is 1. The van der Waals surface area contributed by atoms with Crippen molar-refractivity contribution in [2.75, 3.05) is 5.73 Å². The summed E-state index contributed by atoms with van der Waals surface area (Å²) in [7, 11) is 0. The Morgan fingerprint density at radius 2 is 1.50 bits per heavy atom. The minimum absolute atomic E-state index is 0.250. The number of nitrogens with two attached hydrogens (primary N) is 1. The third-order valence-electron chi connectivity index (χ3n) is 3.43. The second-order valence-corrected chi connectivity index (χ2v) is 5.03. The first-order valence-corrected chi connectivity index (χ1v) is 7.04. The molecule has 0 amide bonds. The lowest BCUT2D eigenvalue weighted by molar-refractivity contribution is 0.308. The van der Waals surface area contributed by atoms with Crippen LogP contribution in [0.2, 0.25) is 0 Å². The minimum atomic E-state index is -0.250. The molecule has 0 saturated carbocycles. The summed E-state index contributed by atoms with van der Waals surface area (Å²) in [6, 6.07) is 21.8. The summed E-state index contributed by atoms with van der Waals surface area (Å²) in [6.45, 7) is 0.456. The van der Waals surface area contributed by atoms with E-state index in [0.717, 1.165) is 16.7 Å². The molecule has 3 aromatic rings. The Morgan fingerprint density at radius 1 is 0.818 bits per heavy atom. The van der Waals surface area contributed by atoms with Crippen LogP contribution in [0.5, 0.6) is 5.75 Å². The van der Waals surface area contributed by atoms with Gasteiger partial charge in [0.25, 0.3) is 0 Å². The van der Waals surface area contributed by atoms with E-state index in [9.17, 15) is 4.39 Å². The Kier molecular flexibility index (Phi) is 4.05. The van der Waals surface area contributed by atoms with Crippen molar-refractivity contribution in [2.24, 2.45) is 0 Å². The van der Waals surface area contributed by atoms with Gasteiger partial charge in [-0.1, -0.05) is 48.5 Å². The molecule has 2 nitrogen and oxygen atoms in total. The quantitative estimate of drug-likeness (QED) is 0.710. The number of anilines is 1. The predicted octanol–water partition coefficient (Wildman–Crippen LogP) is 4.65. The van der Waals surface area contributed by atoms with Crippen molar-refractivity contribution >= 4 is 5.69 Å². The zero-order chi connectivity index (χ0) is 15.4. The van der Waals surface area contributed by atoms with Gasteiger partial charge in [-0.15, -0.1) is 0 Å². The van der Waals surface area contributed by atoms with Crippen LogP contribution in [0.1, 0.15) is 5.56 Å². The molecule has 0 aliphatic rings. The van der Waals surface area contributed by atoms with E-state index in [-0.39, 0.29) is 5.82 Å². The van der Waals surface area contributed by atoms with E-state index in [1.54, 1.807) is 18.2 Å². The highest BCUT2D eigenvalue weighted by Crippen LogP contribution is 2.29. The summed E-state index contributed by atoms with van der Waals surface area (Å²) in [6.07, 6.45) is 0. The van der Waals surface area contributed by atoms with Crippen molar-refractivity contribution in [3.8, 4) is 16.9 Å². The van der Waals surface area contributed by atoms with Gasteiger partial charge in [-0.05, 0) is 41.0 Å². The van der Waals surface area contributed by atoms with E-state index in [1.165, 1.54) is 12.1 Å². The lowest BCUT2D eigenvalue weighted by atomic mass is 10.0. The largest absolute Gasteiger partial charge is 0.487 e. The Labute approximate surface area is 129 Å². The van der Waals surface area contributed by atoms with E-state index < -0.39 is 0 Å². The summed E-state index contributed by atoms with van der Waals surface area (Å²) in [5, 5.41) is 0. The molecule has 0 bridgehead atoms. The average molecular weight is 293 g/mol. The molecule has 3 aromatic carbocycles. The second kappa shape index (κ2) is 6.31. The maximum atomic E-state index is 13.0. The van der Waals surface area contributed by atoms with Crippen molar-refractivity contribution in [1.82, 2.24) is 0 Å². The topological polar surface area (TPSA) is 35.2 Å². The molecular weight excluding hydrogens is 277 g/mol. The Hall–Kier alpha value is -2.81. The monoisotopic (exact) mass is 293 g/mol. The number of ether oxygens (including phenoxy) is 1. The van der Waals surface area contributed by atoms with E-state index in [0.29, 0.717) is 18.0 Å². The average Bonchev–Trinajstić information content (AvgIpc) is 2.56. The molecule has 110 valence electrons. The molecule has 2 N–H and O–H groups in total. The van der Waals surface area contributed by atoms with E-state index in [1.807, 2.05) is 42.5 Å². The van der Waals surface area contributed by atoms with Gasteiger partial charge in [0.1, 0.15) is 18.2 Å². The van der Waals surface area contributed by atoms with Crippen molar-refractivity contribution in [1.29, 1.82) is 0 Å². The van der Waals surface area contributed by atoms with Gasteiger partial charge in [-0.3, -0.25) is 0 Å². The highest BCUT2D eigenvalue weighted by Gasteiger charge is 2.05. The molecule has 0 unspecified atom stereocenters. The van der Waals surface area contributed by atoms with E-state index >= 15 is 0 Å². The molecule has 22 heavy (non-hydrogen) atoms. The molecule has 0 spiro atoms.